The van der Waals surface area contributed by atoms with Crippen molar-refractivity contribution in [1.82, 2.24) is 14.6 Å². The Kier molecular flexibility index (Phi) is 7.09. The number of rotatable bonds is 7. The average molecular weight is 474 g/mol. The summed E-state index contributed by atoms with van der Waals surface area (Å²) in [4.78, 5) is 4.97. The number of ether oxygens (including phenoxy) is 2. The number of hydrogen-bond donors (Lipinski definition) is 3. The normalized spacial score (nSPS) is 16.2. The highest BCUT2D eigenvalue weighted by Gasteiger charge is 2.23. The summed E-state index contributed by atoms with van der Waals surface area (Å²) in [6, 6.07) is 7.74. The van der Waals surface area contributed by atoms with E-state index < -0.39 is 6.10 Å². The van der Waals surface area contributed by atoms with E-state index in [4.69, 9.17) is 31.8 Å². The Morgan fingerprint density at radius 1 is 1.27 bits per heavy atom. The Balaban J connectivity index is 1.77. The molecule has 1 aliphatic rings. The summed E-state index contributed by atoms with van der Waals surface area (Å²) in [5.41, 5.74) is 8.80. The first-order valence-electron chi connectivity index (χ1n) is 11.3. The van der Waals surface area contributed by atoms with Crippen molar-refractivity contribution in [3.8, 4) is 17.0 Å². The lowest BCUT2D eigenvalue weighted by Crippen LogP contribution is -2.29. The third kappa shape index (κ3) is 5.58. The molecule has 1 unspecified atom stereocenters. The van der Waals surface area contributed by atoms with E-state index in [1.807, 2.05) is 28.9 Å². The van der Waals surface area contributed by atoms with Gasteiger partial charge in [0.25, 0.3) is 0 Å². The van der Waals surface area contributed by atoms with E-state index in [0.717, 1.165) is 54.3 Å². The monoisotopic (exact) mass is 473 g/mol. The van der Waals surface area contributed by atoms with Crippen LogP contribution in [0.5, 0.6) is 5.75 Å². The van der Waals surface area contributed by atoms with Gasteiger partial charge in [0.1, 0.15) is 24.3 Å². The molecule has 1 saturated heterocycles. The first kappa shape index (κ1) is 23.8. The molecular formula is C24H32ClN5O3. The minimum Gasteiger partial charge on any atom is -0.491 e. The lowest BCUT2D eigenvalue weighted by atomic mass is 9.89. The van der Waals surface area contributed by atoms with Crippen LogP contribution in [-0.4, -0.2) is 58.2 Å². The number of aliphatic hydroxyl groups excluding tert-OH is 1. The van der Waals surface area contributed by atoms with Crippen molar-refractivity contribution in [2.24, 2.45) is 5.73 Å². The van der Waals surface area contributed by atoms with E-state index in [1.54, 1.807) is 6.07 Å². The number of nitrogens with two attached hydrogens (primary N) is 1. The number of aromatic nitrogens is 3. The second kappa shape index (κ2) is 9.85. The molecule has 0 amide bonds. The number of nitrogens with zero attached hydrogens (tertiary/aromatic N) is 3. The van der Waals surface area contributed by atoms with Gasteiger partial charge in [-0.05, 0) is 36.5 Å². The quantitative estimate of drug-likeness (QED) is 0.481. The number of benzene rings is 1. The smallest absolute Gasteiger partial charge is 0.161 e. The third-order valence-corrected chi connectivity index (χ3v) is 5.95. The number of nitrogens with one attached hydrogen (secondary N) is 1. The summed E-state index contributed by atoms with van der Waals surface area (Å²) in [6.45, 7) is 8.16. The highest BCUT2D eigenvalue weighted by Crippen LogP contribution is 2.33. The van der Waals surface area contributed by atoms with Crippen LogP contribution in [0.2, 0.25) is 5.02 Å². The number of hydrogen-bond acceptors (Lipinski definition) is 7. The molecule has 0 bridgehead atoms. The Hall–Kier alpha value is -2.39. The van der Waals surface area contributed by atoms with Gasteiger partial charge in [-0.15, -0.1) is 0 Å². The molecule has 1 aliphatic heterocycles. The zero-order valence-corrected chi connectivity index (χ0v) is 20.1. The van der Waals surface area contributed by atoms with Crippen LogP contribution in [0.1, 0.15) is 39.2 Å². The maximum absolute atomic E-state index is 9.75. The standard InChI is InChI=1S/C24H32ClN5O3/c1-24(2,3)20-13-27-30-22(28-17-4-6-32-7-5-17)11-21(29-23(20)30)15-8-16(25)10-19(9-15)33-14-18(31)12-26/h8-11,13,17-18,28,31H,4-7,12,14,26H2,1-3H3. The molecule has 178 valence electrons. The molecule has 1 fully saturated rings. The molecular weight excluding hydrogens is 442 g/mol. The molecule has 33 heavy (non-hydrogen) atoms. The first-order chi connectivity index (χ1) is 15.7. The van der Waals surface area contributed by atoms with E-state index in [2.05, 4.69) is 31.2 Å². The second-order valence-corrected chi connectivity index (χ2v) is 9.91. The van der Waals surface area contributed by atoms with Crippen molar-refractivity contribution in [3.05, 3.63) is 41.0 Å². The van der Waals surface area contributed by atoms with Gasteiger partial charge in [0.05, 0.1) is 11.9 Å². The Bertz CT molecular complexity index is 1110. The van der Waals surface area contributed by atoms with Crippen molar-refractivity contribution < 1.29 is 14.6 Å². The third-order valence-electron chi connectivity index (χ3n) is 5.73. The van der Waals surface area contributed by atoms with E-state index >= 15 is 0 Å². The van der Waals surface area contributed by atoms with E-state index in [-0.39, 0.29) is 18.6 Å². The number of halogens is 1. The molecule has 1 atom stereocenters. The average Bonchev–Trinajstić information content (AvgIpc) is 3.23. The maximum Gasteiger partial charge on any atom is 0.161 e. The van der Waals surface area contributed by atoms with Gasteiger partial charge >= 0.3 is 0 Å². The van der Waals surface area contributed by atoms with Crippen LogP contribution >= 0.6 is 11.6 Å². The zero-order valence-electron chi connectivity index (χ0n) is 19.3. The van der Waals surface area contributed by atoms with E-state index in [1.165, 1.54) is 0 Å². The van der Waals surface area contributed by atoms with Gasteiger partial charge in [-0.1, -0.05) is 32.4 Å². The SMILES string of the molecule is CC(C)(C)c1cnn2c(NC3CCOCC3)cc(-c3cc(Cl)cc(OCC(O)CN)c3)nc12. The Morgan fingerprint density at radius 3 is 2.73 bits per heavy atom. The van der Waals surface area contributed by atoms with Gasteiger partial charge in [0, 0.05) is 48.0 Å². The van der Waals surface area contributed by atoms with Crippen molar-refractivity contribution in [3.63, 3.8) is 0 Å². The molecule has 8 nitrogen and oxygen atoms in total. The van der Waals surface area contributed by atoms with Gasteiger partial charge in [0.15, 0.2) is 5.65 Å². The number of fused-ring (bicyclic) bond motifs is 1. The van der Waals surface area contributed by atoms with Gasteiger partial charge in [-0.25, -0.2) is 4.98 Å². The predicted octanol–water partition coefficient (Wildman–Crippen LogP) is 3.64. The fourth-order valence-corrected chi connectivity index (χ4v) is 4.07. The van der Waals surface area contributed by atoms with Crippen LogP contribution in [-0.2, 0) is 10.2 Å². The molecule has 0 radical (unpaired) electrons. The summed E-state index contributed by atoms with van der Waals surface area (Å²) in [5, 5.41) is 18.6. The van der Waals surface area contributed by atoms with Crippen molar-refractivity contribution >= 4 is 23.1 Å². The van der Waals surface area contributed by atoms with Crippen LogP contribution in [0.15, 0.2) is 30.5 Å². The van der Waals surface area contributed by atoms with Crippen LogP contribution in [0, 0.1) is 0 Å². The maximum atomic E-state index is 9.75. The summed E-state index contributed by atoms with van der Waals surface area (Å²) < 4.78 is 13.1. The fraction of sp³-hybridized carbons (Fsp3) is 0.500. The number of aliphatic hydroxyl groups is 1. The van der Waals surface area contributed by atoms with Crippen molar-refractivity contribution in [2.75, 3.05) is 31.7 Å². The minimum atomic E-state index is -0.738. The Morgan fingerprint density at radius 2 is 2.03 bits per heavy atom. The van der Waals surface area contributed by atoms with Crippen LogP contribution in [0.25, 0.3) is 16.9 Å². The van der Waals surface area contributed by atoms with Gasteiger partial charge in [-0.3, -0.25) is 0 Å². The summed E-state index contributed by atoms with van der Waals surface area (Å²) in [5.74, 6) is 1.42. The van der Waals surface area contributed by atoms with Crippen LogP contribution in [0.4, 0.5) is 5.82 Å². The summed E-state index contributed by atoms with van der Waals surface area (Å²) in [6.07, 6.45) is 3.02. The highest BCUT2D eigenvalue weighted by molar-refractivity contribution is 6.31. The molecule has 3 heterocycles. The van der Waals surface area contributed by atoms with Gasteiger partial charge in [0.2, 0.25) is 0 Å². The molecule has 4 rings (SSSR count). The van der Waals surface area contributed by atoms with Crippen LogP contribution in [0.3, 0.4) is 0 Å². The number of anilines is 1. The largest absolute Gasteiger partial charge is 0.491 e. The first-order valence-corrected chi connectivity index (χ1v) is 11.7. The Labute approximate surface area is 199 Å². The molecule has 9 heteroatoms. The van der Waals surface area contributed by atoms with Gasteiger partial charge < -0.3 is 25.6 Å². The minimum absolute atomic E-state index is 0.0934. The van der Waals surface area contributed by atoms with E-state index in [0.29, 0.717) is 16.8 Å². The second-order valence-electron chi connectivity index (χ2n) is 9.48. The fourth-order valence-electron chi connectivity index (χ4n) is 3.85. The molecule has 2 aromatic heterocycles. The van der Waals surface area contributed by atoms with Crippen molar-refractivity contribution in [1.29, 1.82) is 0 Å². The summed E-state index contributed by atoms with van der Waals surface area (Å²) >= 11 is 6.40. The topological polar surface area (TPSA) is 107 Å². The lowest BCUT2D eigenvalue weighted by molar-refractivity contribution is 0.0903. The van der Waals surface area contributed by atoms with Crippen molar-refractivity contribution in [2.45, 2.75) is 51.2 Å². The van der Waals surface area contributed by atoms with Gasteiger partial charge in [-0.2, -0.15) is 9.61 Å². The molecule has 1 aromatic carbocycles. The lowest BCUT2D eigenvalue weighted by Gasteiger charge is -2.25. The molecule has 3 aromatic rings. The van der Waals surface area contributed by atoms with Crippen LogP contribution < -0.4 is 15.8 Å². The predicted molar refractivity (Wildman–Crippen MR) is 130 cm³/mol. The summed E-state index contributed by atoms with van der Waals surface area (Å²) in [7, 11) is 0. The molecule has 0 aliphatic carbocycles. The molecule has 4 N–H and O–H groups in total. The highest BCUT2D eigenvalue weighted by atomic mass is 35.5. The van der Waals surface area contributed by atoms with E-state index in [9.17, 15) is 5.11 Å². The molecule has 0 spiro atoms. The molecule has 0 saturated carbocycles. The zero-order chi connectivity index (χ0) is 23.6.